The van der Waals surface area contributed by atoms with E-state index >= 15 is 0 Å². The molecule has 3 aromatic rings. The number of rotatable bonds is 6. The van der Waals surface area contributed by atoms with E-state index in [1.807, 2.05) is 17.5 Å². The quantitative estimate of drug-likeness (QED) is 0.695. The first-order valence-corrected chi connectivity index (χ1v) is 7.72. The number of ether oxygens (including phenoxy) is 1. The van der Waals surface area contributed by atoms with Gasteiger partial charge < -0.3 is 14.6 Å². The molecular weight excluding hydrogens is 348 g/mol. The molecule has 0 radical (unpaired) electrons. The van der Waals surface area contributed by atoms with Gasteiger partial charge in [0.25, 0.3) is 0 Å². The Kier molecular flexibility index (Phi) is 4.73. The topological polar surface area (TPSA) is 60.2 Å². The van der Waals surface area contributed by atoms with E-state index < -0.39 is 6.61 Å². The van der Waals surface area contributed by atoms with E-state index in [2.05, 4.69) is 20.2 Å². The van der Waals surface area contributed by atoms with Crippen LogP contribution < -0.4 is 10.1 Å². The van der Waals surface area contributed by atoms with Crippen molar-refractivity contribution < 1.29 is 18.0 Å². The molecule has 0 atom stereocenters. The van der Waals surface area contributed by atoms with Gasteiger partial charge in [-0.1, -0.05) is 22.8 Å². The number of alkyl halides is 2. The third kappa shape index (κ3) is 3.96. The van der Waals surface area contributed by atoms with E-state index in [1.54, 1.807) is 6.07 Å². The Morgan fingerprint density at radius 3 is 2.91 bits per heavy atom. The van der Waals surface area contributed by atoms with Crippen LogP contribution >= 0.6 is 22.9 Å². The van der Waals surface area contributed by atoms with Gasteiger partial charge in [-0.05, 0) is 29.6 Å². The molecule has 3 rings (SSSR count). The van der Waals surface area contributed by atoms with Crippen molar-refractivity contribution >= 4 is 28.6 Å². The van der Waals surface area contributed by atoms with E-state index in [1.165, 1.54) is 23.5 Å². The molecule has 120 valence electrons. The molecule has 23 heavy (non-hydrogen) atoms. The van der Waals surface area contributed by atoms with Gasteiger partial charge in [0.05, 0.1) is 16.4 Å². The highest BCUT2D eigenvalue weighted by Crippen LogP contribution is 2.29. The normalized spacial score (nSPS) is 11.0. The highest BCUT2D eigenvalue weighted by molar-refractivity contribution is 7.13. The predicted molar refractivity (Wildman–Crippen MR) is 83.0 cm³/mol. The molecule has 0 bridgehead atoms. The van der Waals surface area contributed by atoms with Gasteiger partial charge in [0.2, 0.25) is 11.7 Å². The third-order valence-electron chi connectivity index (χ3n) is 2.80. The molecule has 9 heteroatoms. The van der Waals surface area contributed by atoms with Crippen LogP contribution in [0, 0.1) is 0 Å². The largest absolute Gasteiger partial charge is 0.433 e. The summed E-state index contributed by atoms with van der Waals surface area (Å²) in [7, 11) is 0. The van der Waals surface area contributed by atoms with E-state index in [0.29, 0.717) is 17.4 Å². The summed E-state index contributed by atoms with van der Waals surface area (Å²) >= 11 is 7.39. The molecule has 0 aliphatic heterocycles. The molecule has 0 unspecified atom stereocenters. The van der Waals surface area contributed by atoms with Crippen LogP contribution in [0.2, 0.25) is 5.02 Å². The van der Waals surface area contributed by atoms with Crippen LogP contribution in [-0.4, -0.2) is 16.8 Å². The summed E-state index contributed by atoms with van der Waals surface area (Å²) in [5.41, 5.74) is 0.618. The van der Waals surface area contributed by atoms with Crippen LogP contribution in [0.25, 0.3) is 10.7 Å². The van der Waals surface area contributed by atoms with Crippen LogP contribution in [0.1, 0.15) is 5.89 Å². The van der Waals surface area contributed by atoms with Gasteiger partial charge in [0, 0.05) is 5.69 Å². The Balaban J connectivity index is 1.63. The lowest BCUT2D eigenvalue weighted by Crippen LogP contribution is -2.03. The number of nitrogens with one attached hydrogen (secondary N) is 1. The minimum Gasteiger partial charge on any atom is -0.433 e. The Bertz CT molecular complexity index is 780. The number of hydrogen-bond donors (Lipinski definition) is 1. The van der Waals surface area contributed by atoms with Gasteiger partial charge in [0.15, 0.2) is 0 Å². The van der Waals surface area contributed by atoms with E-state index in [-0.39, 0.29) is 17.3 Å². The predicted octanol–water partition coefficient (Wildman–Crippen LogP) is 4.67. The van der Waals surface area contributed by atoms with Gasteiger partial charge >= 0.3 is 6.61 Å². The molecule has 0 saturated carbocycles. The van der Waals surface area contributed by atoms with Crippen molar-refractivity contribution in [3.63, 3.8) is 0 Å². The average molecular weight is 358 g/mol. The summed E-state index contributed by atoms with van der Waals surface area (Å²) in [6.45, 7) is -2.63. The SMILES string of the molecule is FC(F)Oc1ccc(NCc2nc(-c3cccs3)no2)cc1Cl. The number of nitrogens with zero attached hydrogens (tertiary/aromatic N) is 2. The number of benzene rings is 1. The second-order valence-electron chi connectivity index (χ2n) is 4.37. The highest BCUT2D eigenvalue weighted by atomic mass is 35.5. The summed E-state index contributed by atoms with van der Waals surface area (Å²) in [4.78, 5) is 5.17. The van der Waals surface area contributed by atoms with Crippen molar-refractivity contribution in [3.8, 4) is 16.5 Å². The summed E-state index contributed by atoms with van der Waals surface area (Å²) in [5, 5.41) is 8.92. The molecule has 2 aromatic heterocycles. The number of anilines is 1. The van der Waals surface area contributed by atoms with Gasteiger partial charge in [-0.15, -0.1) is 11.3 Å². The van der Waals surface area contributed by atoms with Crippen molar-refractivity contribution in [3.05, 3.63) is 46.6 Å². The number of thiophene rings is 1. The van der Waals surface area contributed by atoms with Crippen LogP contribution in [-0.2, 0) is 6.54 Å². The van der Waals surface area contributed by atoms with Gasteiger partial charge in [-0.2, -0.15) is 13.8 Å². The third-order valence-corrected chi connectivity index (χ3v) is 3.96. The molecule has 0 saturated heterocycles. The van der Waals surface area contributed by atoms with Gasteiger partial charge in [-0.25, -0.2) is 0 Å². The Labute approximate surface area is 138 Å². The number of aromatic nitrogens is 2. The van der Waals surface area contributed by atoms with Crippen LogP contribution in [0.4, 0.5) is 14.5 Å². The molecule has 5 nitrogen and oxygen atoms in total. The maximum atomic E-state index is 12.2. The first kappa shape index (κ1) is 15.7. The maximum Gasteiger partial charge on any atom is 0.387 e. The Morgan fingerprint density at radius 1 is 1.35 bits per heavy atom. The molecular formula is C14H10ClF2N3O2S. The van der Waals surface area contributed by atoms with E-state index in [4.69, 9.17) is 16.1 Å². The van der Waals surface area contributed by atoms with Gasteiger partial charge in [-0.3, -0.25) is 0 Å². The second-order valence-corrected chi connectivity index (χ2v) is 5.72. The van der Waals surface area contributed by atoms with E-state index in [0.717, 1.165) is 4.88 Å². The highest BCUT2D eigenvalue weighted by Gasteiger charge is 2.11. The van der Waals surface area contributed by atoms with Crippen molar-refractivity contribution in [2.45, 2.75) is 13.2 Å². The molecule has 1 N–H and O–H groups in total. The van der Waals surface area contributed by atoms with Crippen molar-refractivity contribution in [2.75, 3.05) is 5.32 Å². The standard InChI is InChI=1S/C14H10ClF2N3O2S/c15-9-6-8(3-4-10(9)21-14(16)17)18-7-12-19-13(20-22-12)11-2-1-5-23-11/h1-6,14,18H,7H2. The lowest BCUT2D eigenvalue weighted by Gasteiger charge is -2.09. The summed E-state index contributed by atoms with van der Waals surface area (Å²) in [6, 6.07) is 8.21. The summed E-state index contributed by atoms with van der Waals surface area (Å²) in [6.07, 6.45) is 0. The van der Waals surface area contributed by atoms with Crippen molar-refractivity contribution in [1.29, 1.82) is 0 Å². The number of halogens is 3. The summed E-state index contributed by atoms with van der Waals surface area (Å²) in [5.74, 6) is 0.845. The van der Waals surface area contributed by atoms with Crippen LogP contribution in [0.5, 0.6) is 5.75 Å². The summed E-state index contributed by atoms with van der Waals surface area (Å²) < 4.78 is 33.7. The molecule has 2 heterocycles. The fourth-order valence-corrected chi connectivity index (χ4v) is 2.69. The zero-order valence-corrected chi connectivity index (χ0v) is 13.1. The molecule has 0 spiro atoms. The Hall–Kier alpha value is -2.19. The minimum absolute atomic E-state index is 0.0787. The average Bonchev–Trinajstić information content (AvgIpc) is 3.18. The Morgan fingerprint density at radius 2 is 2.22 bits per heavy atom. The molecule has 0 aliphatic rings. The van der Waals surface area contributed by atoms with Crippen LogP contribution in [0.3, 0.4) is 0 Å². The van der Waals surface area contributed by atoms with Crippen molar-refractivity contribution in [2.24, 2.45) is 0 Å². The van der Waals surface area contributed by atoms with E-state index in [9.17, 15) is 8.78 Å². The first-order valence-electron chi connectivity index (χ1n) is 6.46. The van der Waals surface area contributed by atoms with Gasteiger partial charge in [0.1, 0.15) is 5.75 Å². The second kappa shape index (κ2) is 6.93. The minimum atomic E-state index is -2.92. The first-order chi connectivity index (χ1) is 11.1. The van der Waals surface area contributed by atoms with Crippen molar-refractivity contribution in [1.82, 2.24) is 10.1 Å². The molecule has 0 fully saturated rings. The van der Waals surface area contributed by atoms with Crippen LogP contribution in [0.15, 0.2) is 40.2 Å². The maximum absolute atomic E-state index is 12.2. The fraction of sp³-hybridized carbons (Fsp3) is 0.143. The molecule has 0 aliphatic carbocycles. The number of hydrogen-bond acceptors (Lipinski definition) is 6. The zero-order chi connectivity index (χ0) is 16.2. The lowest BCUT2D eigenvalue weighted by atomic mass is 10.3. The molecule has 0 amide bonds. The molecule has 1 aromatic carbocycles. The lowest BCUT2D eigenvalue weighted by molar-refractivity contribution is -0.0497. The smallest absolute Gasteiger partial charge is 0.387 e. The zero-order valence-electron chi connectivity index (χ0n) is 11.5. The monoisotopic (exact) mass is 357 g/mol. The fourth-order valence-electron chi connectivity index (χ4n) is 1.81.